The van der Waals surface area contributed by atoms with Gasteiger partial charge in [-0.15, -0.1) is 0 Å². The summed E-state index contributed by atoms with van der Waals surface area (Å²) in [6, 6.07) is 0. The fourth-order valence-electron chi connectivity index (χ4n) is 1.34. The van der Waals surface area contributed by atoms with Gasteiger partial charge in [0.2, 0.25) is 0 Å². The first-order valence-electron chi connectivity index (χ1n) is 3.75. The predicted octanol–water partition coefficient (Wildman–Crippen LogP) is 0.331. The van der Waals surface area contributed by atoms with Crippen LogP contribution in [0.1, 0.15) is 13.3 Å². The van der Waals surface area contributed by atoms with Crippen molar-refractivity contribution >= 4 is 0 Å². The van der Waals surface area contributed by atoms with Crippen LogP contribution in [0.2, 0.25) is 0 Å². The van der Waals surface area contributed by atoms with E-state index in [1.807, 2.05) is 6.92 Å². The fraction of sp³-hybridized carbons (Fsp3) is 1.00. The summed E-state index contributed by atoms with van der Waals surface area (Å²) in [5, 5.41) is 20.6. The molecule has 0 aromatic rings. The van der Waals surface area contributed by atoms with Crippen LogP contribution in [0.15, 0.2) is 0 Å². The first kappa shape index (κ1) is 7.98. The van der Waals surface area contributed by atoms with E-state index in [0.29, 0.717) is 19.0 Å². The van der Waals surface area contributed by atoms with E-state index in [9.17, 15) is 10.3 Å². The number of likely N-dealkylation sites (N-methyl/N-ethyl adjacent to an activating group) is 1. The number of rotatable bonds is 0. The minimum Gasteiger partial charge on any atom is -0.633 e. The highest BCUT2D eigenvalue weighted by molar-refractivity contribution is 4.69. The number of aliphatic hydroxyl groups is 1. The van der Waals surface area contributed by atoms with Crippen molar-refractivity contribution in [3.63, 3.8) is 0 Å². The smallest absolute Gasteiger partial charge is 0.106 e. The highest BCUT2D eigenvalue weighted by Gasteiger charge is 2.28. The third-order valence-corrected chi connectivity index (χ3v) is 2.29. The highest BCUT2D eigenvalue weighted by atomic mass is 16.5. The highest BCUT2D eigenvalue weighted by Crippen LogP contribution is 2.20. The van der Waals surface area contributed by atoms with Gasteiger partial charge in [0.15, 0.2) is 0 Å². The Labute approximate surface area is 61.4 Å². The van der Waals surface area contributed by atoms with Gasteiger partial charge in [-0.05, 0) is 5.92 Å². The lowest BCUT2D eigenvalue weighted by atomic mass is 9.96. The maximum absolute atomic E-state index is 11.3. The second kappa shape index (κ2) is 2.49. The molecule has 0 aliphatic carbocycles. The van der Waals surface area contributed by atoms with E-state index in [1.54, 1.807) is 7.05 Å². The number of hydrogen-bond acceptors (Lipinski definition) is 2. The van der Waals surface area contributed by atoms with E-state index in [2.05, 4.69) is 0 Å². The van der Waals surface area contributed by atoms with Crippen LogP contribution in [-0.4, -0.2) is 36.0 Å². The molecule has 1 aliphatic heterocycles. The van der Waals surface area contributed by atoms with Crippen LogP contribution in [0, 0.1) is 11.1 Å². The maximum atomic E-state index is 11.3. The van der Waals surface area contributed by atoms with Crippen LogP contribution in [0.25, 0.3) is 0 Å². The van der Waals surface area contributed by atoms with Crippen LogP contribution in [-0.2, 0) is 0 Å². The van der Waals surface area contributed by atoms with Gasteiger partial charge in [0, 0.05) is 6.42 Å². The average molecular weight is 145 g/mol. The van der Waals surface area contributed by atoms with Crippen LogP contribution < -0.4 is 0 Å². The van der Waals surface area contributed by atoms with Crippen molar-refractivity contribution in [2.45, 2.75) is 19.4 Å². The summed E-state index contributed by atoms with van der Waals surface area (Å²) in [7, 11) is 1.62. The molecule has 3 atom stereocenters. The summed E-state index contributed by atoms with van der Waals surface area (Å²) in [6.07, 6.45) is 0.456. The molecule has 1 saturated heterocycles. The Hall–Kier alpha value is -0.120. The Morgan fingerprint density at radius 2 is 2.20 bits per heavy atom. The van der Waals surface area contributed by atoms with E-state index in [1.165, 1.54) is 0 Å². The lowest BCUT2D eigenvalue weighted by Gasteiger charge is -2.45. The number of hydrogen-bond donors (Lipinski definition) is 1. The van der Waals surface area contributed by atoms with Gasteiger partial charge >= 0.3 is 0 Å². The maximum Gasteiger partial charge on any atom is 0.106 e. The second-order valence-electron chi connectivity index (χ2n) is 3.54. The molecule has 1 rings (SSSR count). The van der Waals surface area contributed by atoms with Crippen molar-refractivity contribution in [3.8, 4) is 0 Å². The molecule has 10 heavy (non-hydrogen) atoms. The van der Waals surface area contributed by atoms with E-state index in [-0.39, 0.29) is 4.65 Å². The molecule has 0 aromatic heterocycles. The molecule has 0 amide bonds. The SMILES string of the molecule is CC1CC[N+](C)([O-])CC1O. The van der Waals surface area contributed by atoms with Crippen molar-refractivity contribution in [3.05, 3.63) is 5.21 Å². The zero-order valence-corrected chi connectivity index (χ0v) is 6.58. The number of quaternary nitrogens is 1. The summed E-state index contributed by atoms with van der Waals surface area (Å²) in [4.78, 5) is 0. The number of hydroxylamine groups is 3. The average Bonchev–Trinajstić information content (AvgIpc) is 1.79. The molecular weight excluding hydrogens is 130 g/mol. The topological polar surface area (TPSA) is 43.3 Å². The van der Waals surface area contributed by atoms with Crippen molar-refractivity contribution in [2.24, 2.45) is 5.92 Å². The monoisotopic (exact) mass is 145 g/mol. The summed E-state index contributed by atoms with van der Waals surface area (Å²) < 4.78 is -0.272. The largest absolute Gasteiger partial charge is 0.633 e. The zero-order valence-electron chi connectivity index (χ0n) is 6.58. The lowest BCUT2D eigenvalue weighted by Crippen LogP contribution is -2.51. The molecule has 0 aromatic carbocycles. The molecule has 0 bridgehead atoms. The van der Waals surface area contributed by atoms with Gasteiger partial charge in [-0.25, -0.2) is 0 Å². The Balaban J connectivity index is 2.49. The molecule has 1 fully saturated rings. The van der Waals surface area contributed by atoms with Crippen molar-refractivity contribution in [1.29, 1.82) is 0 Å². The third-order valence-electron chi connectivity index (χ3n) is 2.29. The van der Waals surface area contributed by atoms with Crippen LogP contribution in [0.4, 0.5) is 0 Å². The zero-order chi connectivity index (χ0) is 7.78. The molecule has 60 valence electrons. The van der Waals surface area contributed by atoms with Gasteiger partial charge < -0.3 is 15.0 Å². The van der Waals surface area contributed by atoms with Gasteiger partial charge in [-0.3, -0.25) is 0 Å². The van der Waals surface area contributed by atoms with Gasteiger partial charge in [0.05, 0.1) is 13.6 Å². The van der Waals surface area contributed by atoms with Crippen LogP contribution in [0.3, 0.4) is 0 Å². The minimum absolute atomic E-state index is 0.272. The number of nitrogens with zero attached hydrogens (tertiary/aromatic N) is 1. The summed E-state index contributed by atoms with van der Waals surface area (Å²) in [5.74, 6) is 0.306. The van der Waals surface area contributed by atoms with Crippen molar-refractivity contribution in [2.75, 3.05) is 20.1 Å². The van der Waals surface area contributed by atoms with Gasteiger partial charge in [0.1, 0.15) is 12.6 Å². The summed E-state index contributed by atoms with van der Waals surface area (Å²) >= 11 is 0. The molecule has 3 unspecified atom stereocenters. The van der Waals surface area contributed by atoms with E-state index < -0.39 is 6.10 Å². The molecule has 0 radical (unpaired) electrons. The standard InChI is InChI=1S/C7H15NO2/c1-6-3-4-8(2,10)5-7(6)9/h6-7,9H,3-5H2,1-2H3. The first-order valence-corrected chi connectivity index (χ1v) is 3.75. The Morgan fingerprint density at radius 1 is 1.60 bits per heavy atom. The van der Waals surface area contributed by atoms with E-state index in [0.717, 1.165) is 6.42 Å². The van der Waals surface area contributed by atoms with Crippen molar-refractivity contribution in [1.82, 2.24) is 0 Å². The summed E-state index contributed by atoms with van der Waals surface area (Å²) in [6.45, 7) is 3.00. The molecule has 1 heterocycles. The predicted molar refractivity (Wildman–Crippen MR) is 39.1 cm³/mol. The van der Waals surface area contributed by atoms with Crippen LogP contribution in [0.5, 0.6) is 0 Å². The van der Waals surface area contributed by atoms with Crippen LogP contribution >= 0.6 is 0 Å². The molecule has 1 N–H and O–H groups in total. The van der Waals surface area contributed by atoms with E-state index in [4.69, 9.17) is 0 Å². The van der Waals surface area contributed by atoms with Gasteiger partial charge in [0.25, 0.3) is 0 Å². The Kier molecular flexibility index (Phi) is 1.99. The molecular formula is C7H15NO2. The molecule has 0 spiro atoms. The lowest BCUT2D eigenvalue weighted by molar-refractivity contribution is -0.870. The fourth-order valence-corrected chi connectivity index (χ4v) is 1.34. The Morgan fingerprint density at radius 3 is 2.60 bits per heavy atom. The van der Waals surface area contributed by atoms with Gasteiger partial charge in [-0.1, -0.05) is 6.92 Å². The number of aliphatic hydroxyl groups excluding tert-OH is 1. The number of piperidine rings is 1. The van der Waals surface area contributed by atoms with Crippen molar-refractivity contribution < 1.29 is 9.75 Å². The summed E-state index contributed by atoms with van der Waals surface area (Å²) in [5.41, 5.74) is 0. The molecule has 3 heteroatoms. The van der Waals surface area contributed by atoms with E-state index >= 15 is 0 Å². The quantitative estimate of drug-likeness (QED) is 0.394. The number of likely N-dealkylation sites (tertiary alicyclic amines) is 1. The van der Waals surface area contributed by atoms with Gasteiger partial charge in [-0.2, -0.15) is 0 Å². The Bertz CT molecular complexity index is 125. The first-order chi connectivity index (χ1) is 4.51. The minimum atomic E-state index is -0.392. The normalized spacial score (nSPS) is 49.2. The molecule has 3 nitrogen and oxygen atoms in total. The molecule has 1 aliphatic rings. The second-order valence-corrected chi connectivity index (χ2v) is 3.54. The molecule has 0 saturated carbocycles. The third kappa shape index (κ3) is 1.68.